The van der Waals surface area contributed by atoms with E-state index in [1.807, 2.05) is 12.1 Å². The molecule has 1 N–H and O–H groups in total. The Kier molecular flexibility index (Phi) is 3.33. The number of aromatic nitrogens is 2. The van der Waals surface area contributed by atoms with Crippen molar-refractivity contribution in [3.63, 3.8) is 0 Å². The lowest BCUT2D eigenvalue weighted by molar-refractivity contribution is 0.614. The molecular weight excluding hydrogens is 222 g/mol. The fourth-order valence-corrected chi connectivity index (χ4v) is 2.06. The molecule has 0 aliphatic heterocycles. The van der Waals surface area contributed by atoms with Crippen molar-refractivity contribution in [3.05, 3.63) is 30.1 Å². The first kappa shape index (κ1) is 12.9. The maximum atomic E-state index is 4.74. The van der Waals surface area contributed by atoms with Gasteiger partial charge in [0, 0.05) is 11.7 Å². The highest BCUT2D eigenvalue weighted by molar-refractivity contribution is 5.56. The van der Waals surface area contributed by atoms with Crippen molar-refractivity contribution in [3.8, 4) is 0 Å². The number of fused-ring (bicyclic) bond motifs is 1. The van der Waals surface area contributed by atoms with E-state index < -0.39 is 0 Å². The average Bonchev–Trinajstić information content (AvgIpc) is 2.54. The molecule has 0 fully saturated rings. The number of hydrogen-bond donors (Lipinski definition) is 1. The molecule has 3 nitrogen and oxygen atoms in total. The second kappa shape index (κ2) is 4.63. The number of nitrogens with one attached hydrogen (secondary N) is 1. The van der Waals surface area contributed by atoms with Crippen LogP contribution in [0.5, 0.6) is 0 Å². The summed E-state index contributed by atoms with van der Waals surface area (Å²) in [6.45, 7) is 11.0. The van der Waals surface area contributed by atoms with Gasteiger partial charge in [-0.05, 0) is 45.2 Å². The van der Waals surface area contributed by atoms with Gasteiger partial charge in [0.15, 0.2) is 0 Å². The van der Waals surface area contributed by atoms with Gasteiger partial charge in [-0.3, -0.25) is 4.40 Å². The van der Waals surface area contributed by atoms with E-state index in [2.05, 4.69) is 56.6 Å². The number of imidazole rings is 1. The summed E-state index contributed by atoms with van der Waals surface area (Å²) in [5.41, 5.74) is 2.21. The van der Waals surface area contributed by atoms with Gasteiger partial charge in [-0.2, -0.15) is 0 Å². The van der Waals surface area contributed by atoms with Gasteiger partial charge in [-0.15, -0.1) is 0 Å². The maximum Gasteiger partial charge on any atom is 0.138 e. The first-order valence-electron chi connectivity index (χ1n) is 6.61. The molecule has 2 rings (SSSR count). The first-order chi connectivity index (χ1) is 8.37. The fourth-order valence-electron chi connectivity index (χ4n) is 2.06. The van der Waals surface area contributed by atoms with Crippen molar-refractivity contribution in [2.24, 2.45) is 5.92 Å². The highest BCUT2D eigenvalue weighted by Gasteiger charge is 2.18. The van der Waals surface area contributed by atoms with Crippen molar-refractivity contribution in [1.82, 2.24) is 9.38 Å². The number of nitrogens with zero attached hydrogens (tertiary/aromatic N) is 2. The molecule has 0 aromatic carbocycles. The molecule has 0 spiro atoms. The normalized spacial score (nSPS) is 12.3. The summed E-state index contributed by atoms with van der Waals surface area (Å²) in [6, 6.07) is 6.13. The minimum absolute atomic E-state index is 0.0392. The van der Waals surface area contributed by atoms with Gasteiger partial charge in [0.1, 0.15) is 11.5 Å². The second-order valence-electron chi connectivity index (χ2n) is 6.31. The lowest BCUT2D eigenvalue weighted by Gasteiger charge is -2.22. The minimum Gasteiger partial charge on any atom is -0.365 e. The molecule has 2 aromatic rings. The van der Waals surface area contributed by atoms with E-state index in [9.17, 15) is 0 Å². The van der Waals surface area contributed by atoms with Gasteiger partial charge in [0.25, 0.3) is 0 Å². The van der Waals surface area contributed by atoms with Crippen LogP contribution in [0.2, 0.25) is 0 Å². The van der Waals surface area contributed by atoms with Crippen LogP contribution in [-0.2, 0) is 6.42 Å². The molecule has 98 valence electrons. The van der Waals surface area contributed by atoms with Crippen LogP contribution in [0.4, 0.5) is 5.82 Å². The van der Waals surface area contributed by atoms with Gasteiger partial charge < -0.3 is 5.32 Å². The summed E-state index contributed by atoms with van der Waals surface area (Å²) in [6.07, 6.45) is 3.07. The van der Waals surface area contributed by atoms with Crippen molar-refractivity contribution in [1.29, 1.82) is 0 Å². The lowest BCUT2D eigenvalue weighted by atomic mass is 10.1. The van der Waals surface area contributed by atoms with Gasteiger partial charge in [0.05, 0.1) is 5.69 Å². The van der Waals surface area contributed by atoms with Crippen molar-refractivity contribution in [2.45, 2.75) is 46.6 Å². The van der Waals surface area contributed by atoms with E-state index in [0.29, 0.717) is 5.92 Å². The third-order valence-electron chi connectivity index (χ3n) is 2.70. The molecule has 0 aliphatic carbocycles. The minimum atomic E-state index is 0.0392. The Morgan fingerprint density at radius 3 is 2.61 bits per heavy atom. The molecule has 0 amide bonds. The quantitative estimate of drug-likeness (QED) is 0.892. The van der Waals surface area contributed by atoms with Crippen LogP contribution in [0.25, 0.3) is 5.65 Å². The molecule has 0 atom stereocenters. The van der Waals surface area contributed by atoms with Crippen molar-refractivity contribution >= 4 is 11.5 Å². The predicted octanol–water partition coefficient (Wildman–Crippen LogP) is 3.74. The van der Waals surface area contributed by atoms with Crippen LogP contribution < -0.4 is 5.32 Å². The Hall–Kier alpha value is -1.51. The van der Waals surface area contributed by atoms with Gasteiger partial charge in [-0.25, -0.2) is 4.98 Å². The number of hydrogen-bond acceptors (Lipinski definition) is 2. The van der Waals surface area contributed by atoms with E-state index in [4.69, 9.17) is 4.98 Å². The highest BCUT2D eigenvalue weighted by Crippen LogP contribution is 2.24. The van der Waals surface area contributed by atoms with Crippen molar-refractivity contribution in [2.75, 3.05) is 5.32 Å². The summed E-state index contributed by atoms with van der Waals surface area (Å²) in [5, 5.41) is 3.58. The Balaban J connectivity index is 2.50. The molecule has 18 heavy (non-hydrogen) atoms. The van der Waals surface area contributed by atoms with Crippen LogP contribution in [0.3, 0.4) is 0 Å². The van der Waals surface area contributed by atoms with Gasteiger partial charge >= 0.3 is 0 Å². The third-order valence-corrected chi connectivity index (χ3v) is 2.70. The maximum absolute atomic E-state index is 4.74. The van der Waals surface area contributed by atoms with Crippen LogP contribution >= 0.6 is 0 Å². The molecule has 0 saturated heterocycles. The zero-order valence-electron chi connectivity index (χ0n) is 12.0. The highest BCUT2D eigenvalue weighted by atomic mass is 15.2. The molecule has 0 radical (unpaired) electrons. The van der Waals surface area contributed by atoms with Crippen LogP contribution in [0.1, 0.15) is 40.3 Å². The summed E-state index contributed by atoms with van der Waals surface area (Å²) < 4.78 is 2.14. The molecule has 0 saturated carbocycles. The molecule has 0 unspecified atom stereocenters. The van der Waals surface area contributed by atoms with E-state index in [0.717, 1.165) is 23.6 Å². The second-order valence-corrected chi connectivity index (χ2v) is 6.31. The molecule has 3 heteroatoms. The average molecular weight is 245 g/mol. The van der Waals surface area contributed by atoms with Gasteiger partial charge in [-0.1, -0.05) is 19.9 Å². The Bertz CT molecular complexity index is 532. The number of rotatable bonds is 3. The van der Waals surface area contributed by atoms with E-state index in [-0.39, 0.29) is 5.54 Å². The van der Waals surface area contributed by atoms with Crippen molar-refractivity contribution < 1.29 is 0 Å². The first-order valence-corrected chi connectivity index (χ1v) is 6.61. The van der Waals surface area contributed by atoms with E-state index in [1.165, 1.54) is 0 Å². The third kappa shape index (κ3) is 2.84. The van der Waals surface area contributed by atoms with Crippen LogP contribution in [-0.4, -0.2) is 14.9 Å². The van der Waals surface area contributed by atoms with Crippen LogP contribution in [0, 0.1) is 5.92 Å². The molecule has 0 aliphatic rings. The standard InChI is InChI=1S/C15H23N3/c1-11(2)10-12-14(17-15(3,4)5)18-9-7-6-8-13(18)16-12/h6-9,11,17H,10H2,1-5H3. The smallest absolute Gasteiger partial charge is 0.138 e. The summed E-state index contributed by atoms with van der Waals surface area (Å²) >= 11 is 0. The summed E-state index contributed by atoms with van der Waals surface area (Å²) in [5.74, 6) is 1.74. The van der Waals surface area contributed by atoms with E-state index >= 15 is 0 Å². The summed E-state index contributed by atoms with van der Waals surface area (Å²) in [7, 11) is 0. The molecular formula is C15H23N3. The predicted molar refractivity (Wildman–Crippen MR) is 77.1 cm³/mol. The Morgan fingerprint density at radius 1 is 1.28 bits per heavy atom. The zero-order chi connectivity index (χ0) is 13.3. The van der Waals surface area contributed by atoms with Gasteiger partial charge in [0.2, 0.25) is 0 Å². The number of pyridine rings is 1. The number of anilines is 1. The van der Waals surface area contributed by atoms with E-state index in [1.54, 1.807) is 0 Å². The topological polar surface area (TPSA) is 29.3 Å². The molecule has 2 heterocycles. The lowest BCUT2D eigenvalue weighted by Crippen LogP contribution is -2.27. The monoisotopic (exact) mass is 245 g/mol. The fraction of sp³-hybridized carbons (Fsp3) is 0.533. The van der Waals surface area contributed by atoms with Crippen LogP contribution in [0.15, 0.2) is 24.4 Å². The SMILES string of the molecule is CC(C)Cc1nc2ccccn2c1NC(C)(C)C. The zero-order valence-corrected chi connectivity index (χ0v) is 12.0. The molecule has 0 bridgehead atoms. The molecule has 2 aromatic heterocycles. The largest absolute Gasteiger partial charge is 0.365 e. The Morgan fingerprint density at radius 2 is 2.00 bits per heavy atom. The summed E-state index contributed by atoms with van der Waals surface area (Å²) in [4.78, 5) is 4.74. The Labute approximate surface area is 109 Å².